The number of piperidine rings is 1. The second kappa shape index (κ2) is 4.80. The zero-order chi connectivity index (χ0) is 9.68. The van der Waals surface area contributed by atoms with E-state index in [1.54, 1.807) is 0 Å². The summed E-state index contributed by atoms with van der Waals surface area (Å²) in [6, 6.07) is 2.25. The number of nitrogens with zero attached hydrogens (tertiary/aromatic N) is 1. The van der Waals surface area contributed by atoms with Crippen LogP contribution in [0, 0.1) is 11.3 Å². The maximum atomic E-state index is 10.2. The topological polar surface area (TPSA) is 85.2 Å². The van der Waals surface area contributed by atoms with Crippen molar-refractivity contribution in [2.45, 2.75) is 24.9 Å². The zero-order valence-corrected chi connectivity index (χ0v) is 7.29. The van der Waals surface area contributed by atoms with Crippen LogP contribution in [-0.4, -0.2) is 36.2 Å². The Balaban J connectivity index is 2.18. The summed E-state index contributed by atoms with van der Waals surface area (Å²) in [4.78, 5) is 10.2. The largest absolute Gasteiger partial charge is 0.480 e. The van der Waals surface area contributed by atoms with Crippen molar-refractivity contribution in [3.05, 3.63) is 0 Å². The Labute approximate surface area is 76.7 Å². The molecule has 5 heteroatoms. The molecular weight excluding hydrogens is 170 g/mol. The Bertz CT molecular complexity index is 216. The first kappa shape index (κ1) is 9.96. The van der Waals surface area contributed by atoms with Gasteiger partial charge in [0.1, 0.15) is 0 Å². The standard InChI is InChI=1S/C8H13N3O2/c9-3-6-1-2-7(4-10-6)11-5-8(12)13/h6-7,10-11H,1-2,4-5H2,(H,12,13)/t6-,7+/m0/s1. The predicted octanol–water partition coefficient (Wildman–Crippen LogP) is -0.695. The van der Waals surface area contributed by atoms with Gasteiger partial charge in [-0.3, -0.25) is 4.79 Å². The predicted molar refractivity (Wildman–Crippen MR) is 46.1 cm³/mol. The van der Waals surface area contributed by atoms with Crippen molar-refractivity contribution in [1.82, 2.24) is 10.6 Å². The molecule has 2 atom stereocenters. The van der Waals surface area contributed by atoms with E-state index in [1.807, 2.05) is 0 Å². The summed E-state index contributed by atoms with van der Waals surface area (Å²) in [5.74, 6) is -0.845. The highest BCUT2D eigenvalue weighted by atomic mass is 16.4. The Morgan fingerprint density at radius 2 is 2.46 bits per heavy atom. The van der Waals surface area contributed by atoms with Crippen LogP contribution >= 0.6 is 0 Å². The van der Waals surface area contributed by atoms with Crippen LogP contribution in [0.15, 0.2) is 0 Å². The minimum atomic E-state index is -0.845. The second-order valence-electron chi connectivity index (χ2n) is 3.14. The van der Waals surface area contributed by atoms with Crippen molar-refractivity contribution in [2.75, 3.05) is 13.1 Å². The fourth-order valence-electron chi connectivity index (χ4n) is 1.37. The van der Waals surface area contributed by atoms with Crippen molar-refractivity contribution in [1.29, 1.82) is 5.26 Å². The van der Waals surface area contributed by atoms with Crippen LogP contribution in [0.5, 0.6) is 0 Å². The maximum absolute atomic E-state index is 10.2. The van der Waals surface area contributed by atoms with Crippen LogP contribution in [0.4, 0.5) is 0 Å². The molecule has 1 fully saturated rings. The van der Waals surface area contributed by atoms with E-state index in [9.17, 15) is 4.79 Å². The highest BCUT2D eigenvalue weighted by Crippen LogP contribution is 2.06. The van der Waals surface area contributed by atoms with E-state index >= 15 is 0 Å². The van der Waals surface area contributed by atoms with Gasteiger partial charge in [0.2, 0.25) is 0 Å². The molecule has 13 heavy (non-hydrogen) atoms. The van der Waals surface area contributed by atoms with Gasteiger partial charge in [0.15, 0.2) is 0 Å². The average Bonchev–Trinajstić information content (AvgIpc) is 2.15. The highest BCUT2D eigenvalue weighted by molar-refractivity contribution is 5.69. The van der Waals surface area contributed by atoms with Crippen LogP contribution in [0.2, 0.25) is 0 Å². The molecule has 0 bridgehead atoms. The third kappa shape index (κ3) is 3.40. The maximum Gasteiger partial charge on any atom is 0.317 e. The summed E-state index contributed by atoms with van der Waals surface area (Å²) >= 11 is 0. The van der Waals surface area contributed by atoms with Gasteiger partial charge < -0.3 is 15.7 Å². The van der Waals surface area contributed by atoms with Crippen molar-refractivity contribution in [3.8, 4) is 6.07 Å². The number of hydrogen-bond donors (Lipinski definition) is 3. The number of aliphatic carboxylic acids is 1. The molecule has 3 N–H and O–H groups in total. The van der Waals surface area contributed by atoms with Crippen molar-refractivity contribution < 1.29 is 9.90 Å². The molecule has 0 spiro atoms. The third-order valence-corrected chi connectivity index (χ3v) is 2.11. The number of nitriles is 1. The molecule has 0 aromatic rings. The van der Waals surface area contributed by atoms with Gasteiger partial charge in [0.25, 0.3) is 0 Å². The molecule has 0 unspecified atom stereocenters. The van der Waals surface area contributed by atoms with Gasteiger partial charge in [0.05, 0.1) is 18.7 Å². The van der Waals surface area contributed by atoms with Crippen LogP contribution < -0.4 is 10.6 Å². The molecule has 0 aromatic heterocycles. The number of rotatable bonds is 3. The van der Waals surface area contributed by atoms with E-state index in [2.05, 4.69) is 16.7 Å². The molecular formula is C8H13N3O2. The molecule has 0 radical (unpaired) electrons. The summed E-state index contributed by atoms with van der Waals surface area (Å²) in [6.45, 7) is 0.662. The van der Waals surface area contributed by atoms with Gasteiger partial charge in [-0.25, -0.2) is 0 Å². The molecule has 0 aromatic carbocycles. The van der Waals surface area contributed by atoms with E-state index in [0.29, 0.717) is 6.54 Å². The lowest BCUT2D eigenvalue weighted by atomic mass is 10.0. The molecule has 72 valence electrons. The van der Waals surface area contributed by atoms with Gasteiger partial charge >= 0.3 is 5.97 Å². The first-order valence-corrected chi connectivity index (χ1v) is 4.30. The van der Waals surface area contributed by atoms with E-state index in [0.717, 1.165) is 12.8 Å². The van der Waals surface area contributed by atoms with E-state index in [4.69, 9.17) is 10.4 Å². The van der Waals surface area contributed by atoms with Crippen molar-refractivity contribution >= 4 is 5.97 Å². The molecule has 1 aliphatic heterocycles. The quantitative estimate of drug-likeness (QED) is 0.539. The summed E-state index contributed by atoms with van der Waals surface area (Å²) in [7, 11) is 0. The van der Waals surface area contributed by atoms with E-state index < -0.39 is 5.97 Å². The highest BCUT2D eigenvalue weighted by Gasteiger charge is 2.19. The van der Waals surface area contributed by atoms with Crippen molar-refractivity contribution in [3.63, 3.8) is 0 Å². The first-order valence-electron chi connectivity index (χ1n) is 4.30. The molecule has 1 aliphatic rings. The van der Waals surface area contributed by atoms with Crippen LogP contribution in [0.25, 0.3) is 0 Å². The monoisotopic (exact) mass is 183 g/mol. The SMILES string of the molecule is N#C[C@@H]1CC[C@@H](NCC(=O)O)CN1. The van der Waals surface area contributed by atoms with Gasteiger partial charge in [-0.15, -0.1) is 0 Å². The summed E-state index contributed by atoms with van der Waals surface area (Å²) in [5, 5.41) is 22.9. The molecule has 1 heterocycles. The van der Waals surface area contributed by atoms with E-state index in [1.165, 1.54) is 0 Å². The lowest BCUT2D eigenvalue weighted by molar-refractivity contribution is -0.136. The van der Waals surface area contributed by atoms with E-state index in [-0.39, 0.29) is 18.6 Å². The normalized spacial score (nSPS) is 27.9. The second-order valence-corrected chi connectivity index (χ2v) is 3.14. The smallest absolute Gasteiger partial charge is 0.317 e. The third-order valence-electron chi connectivity index (χ3n) is 2.11. The minimum absolute atomic E-state index is 0.0104. The lowest BCUT2D eigenvalue weighted by Crippen LogP contribution is -2.48. The number of carboxylic acid groups (broad SMARTS) is 1. The molecule has 1 rings (SSSR count). The van der Waals surface area contributed by atoms with Gasteiger partial charge in [0, 0.05) is 12.6 Å². The lowest BCUT2D eigenvalue weighted by Gasteiger charge is -2.26. The number of carboxylic acids is 1. The fraction of sp³-hybridized carbons (Fsp3) is 0.750. The van der Waals surface area contributed by atoms with Gasteiger partial charge in [-0.2, -0.15) is 5.26 Å². The van der Waals surface area contributed by atoms with Crippen LogP contribution in [0.1, 0.15) is 12.8 Å². The summed E-state index contributed by atoms with van der Waals surface area (Å²) < 4.78 is 0. The first-order chi connectivity index (χ1) is 6.22. The summed E-state index contributed by atoms with van der Waals surface area (Å²) in [6.07, 6.45) is 1.65. The molecule has 0 amide bonds. The molecule has 1 saturated heterocycles. The van der Waals surface area contributed by atoms with Crippen LogP contribution in [0.3, 0.4) is 0 Å². The Kier molecular flexibility index (Phi) is 3.68. The summed E-state index contributed by atoms with van der Waals surface area (Å²) in [5.41, 5.74) is 0. The zero-order valence-electron chi connectivity index (χ0n) is 7.29. The minimum Gasteiger partial charge on any atom is -0.480 e. The van der Waals surface area contributed by atoms with Gasteiger partial charge in [-0.05, 0) is 12.8 Å². The average molecular weight is 183 g/mol. The Hall–Kier alpha value is -1.12. The Morgan fingerprint density at radius 3 is 2.92 bits per heavy atom. The van der Waals surface area contributed by atoms with Gasteiger partial charge in [-0.1, -0.05) is 0 Å². The molecule has 5 nitrogen and oxygen atoms in total. The van der Waals surface area contributed by atoms with Crippen molar-refractivity contribution in [2.24, 2.45) is 0 Å². The Morgan fingerprint density at radius 1 is 1.69 bits per heavy atom. The van der Waals surface area contributed by atoms with Crippen LogP contribution in [-0.2, 0) is 4.79 Å². The number of carbonyl (C=O) groups is 1. The number of hydrogen-bond acceptors (Lipinski definition) is 4. The fourth-order valence-corrected chi connectivity index (χ4v) is 1.37. The molecule has 0 aliphatic carbocycles. The molecule has 0 saturated carbocycles. The number of nitrogens with one attached hydrogen (secondary N) is 2.